The molecule has 0 bridgehead atoms. The molecule has 0 saturated heterocycles. The van der Waals surface area contributed by atoms with Crippen LogP contribution in [0.3, 0.4) is 0 Å². The van der Waals surface area contributed by atoms with Crippen molar-refractivity contribution in [3.8, 4) is 23.3 Å². The maximum absolute atomic E-state index is 12.2. The minimum Gasteiger partial charge on any atom is -0.493 e. The normalized spacial score (nSPS) is 10.7. The van der Waals surface area contributed by atoms with Crippen molar-refractivity contribution in [2.75, 3.05) is 33.8 Å². The summed E-state index contributed by atoms with van der Waals surface area (Å²) in [5, 5.41) is 25.2. The number of hydrogen-bond acceptors (Lipinski definition) is 10. The number of anilines is 1. The highest BCUT2D eigenvalue weighted by Gasteiger charge is 2.24. The number of nitrogens with zero attached hydrogens (tertiary/aromatic N) is 4. The number of methoxy groups -OCH3 is 4. The maximum Gasteiger partial charge on any atom is 0.340 e. The fourth-order valence-corrected chi connectivity index (χ4v) is 2.14. The van der Waals surface area contributed by atoms with Crippen LogP contribution in [-0.4, -0.2) is 55.0 Å². The van der Waals surface area contributed by atoms with Crippen molar-refractivity contribution in [1.82, 2.24) is 20.6 Å². The number of tetrazole rings is 1. The van der Waals surface area contributed by atoms with Gasteiger partial charge >= 0.3 is 5.97 Å². The fourth-order valence-electron chi connectivity index (χ4n) is 2.14. The second-order valence-electron chi connectivity index (χ2n) is 4.61. The number of ether oxygens (including phenoxy) is 4. The van der Waals surface area contributed by atoms with Crippen LogP contribution in [0.1, 0.15) is 16.2 Å². The van der Waals surface area contributed by atoms with Crippen LogP contribution >= 0.6 is 0 Å². The van der Waals surface area contributed by atoms with Gasteiger partial charge in [0.05, 0.1) is 39.7 Å². The van der Waals surface area contributed by atoms with Crippen LogP contribution in [0.5, 0.6) is 17.2 Å². The minimum atomic E-state index is -0.641. The van der Waals surface area contributed by atoms with Crippen molar-refractivity contribution in [3.05, 3.63) is 23.7 Å². The predicted molar refractivity (Wildman–Crippen MR) is 88.8 cm³/mol. The first-order valence-electron chi connectivity index (χ1n) is 7.13. The lowest BCUT2D eigenvalue weighted by atomic mass is 10.1. The molecule has 0 atom stereocenters. The van der Waals surface area contributed by atoms with Gasteiger partial charge in [0.2, 0.25) is 11.6 Å². The summed E-state index contributed by atoms with van der Waals surface area (Å²) in [6.45, 7) is 0. The van der Waals surface area contributed by atoms with E-state index in [-0.39, 0.29) is 39.9 Å². The zero-order valence-electron chi connectivity index (χ0n) is 14.5. The van der Waals surface area contributed by atoms with E-state index in [1.165, 1.54) is 40.7 Å². The SMILES string of the molecule is COC(=O)c1cc(OC)c(OC)c(OC)c1NC=C(C#N)c1nn[nH]n1. The van der Waals surface area contributed by atoms with Gasteiger partial charge in [-0.25, -0.2) is 4.79 Å². The van der Waals surface area contributed by atoms with Crippen molar-refractivity contribution in [2.24, 2.45) is 0 Å². The van der Waals surface area contributed by atoms with E-state index in [0.717, 1.165) is 0 Å². The van der Waals surface area contributed by atoms with E-state index in [2.05, 4.69) is 25.9 Å². The van der Waals surface area contributed by atoms with Crippen LogP contribution in [-0.2, 0) is 4.74 Å². The first-order chi connectivity index (χ1) is 12.6. The maximum atomic E-state index is 12.2. The number of aromatic amines is 1. The first-order valence-corrected chi connectivity index (χ1v) is 7.13. The van der Waals surface area contributed by atoms with Gasteiger partial charge in [0.25, 0.3) is 0 Å². The lowest BCUT2D eigenvalue weighted by Crippen LogP contribution is -2.09. The average molecular weight is 360 g/mol. The van der Waals surface area contributed by atoms with Crippen LogP contribution in [0, 0.1) is 11.3 Å². The molecule has 136 valence electrons. The van der Waals surface area contributed by atoms with Gasteiger partial charge in [-0.1, -0.05) is 0 Å². The summed E-state index contributed by atoms with van der Waals surface area (Å²) in [5.41, 5.74) is 0.406. The fraction of sp³-hybridized carbons (Fsp3) is 0.267. The smallest absolute Gasteiger partial charge is 0.340 e. The number of benzene rings is 1. The third kappa shape index (κ3) is 3.48. The molecule has 1 aromatic heterocycles. The average Bonchev–Trinajstić information content (AvgIpc) is 3.21. The molecule has 1 aromatic carbocycles. The second-order valence-corrected chi connectivity index (χ2v) is 4.61. The summed E-state index contributed by atoms with van der Waals surface area (Å²) in [4.78, 5) is 12.2. The van der Waals surface area contributed by atoms with Crippen LogP contribution in [0.4, 0.5) is 5.69 Å². The molecular weight excluding hydrogens is 344 g/mol. The number of rotatable bonds is 7. The van der Waals surface area contributed by atoms with Gasteiger partial charge in [-0.2, -0.15) is 10.5 Å². The van der Waals surface area contributed by atoms with Crippen molar-refractivity contribution in [2.45, 2.75) is 0 Å². The number of carbonyl (C=O) groups excluding carboxylic acids is 1. The standard InChI is InChI=1S/C15H16N6O5/c1-23-10-5-9(15(22)26-4)11(13(25-3)12(10)24-2)17-7-8(6-16)14-18-20-21-19-14/h5,7,17H,1-4H3,(H,18,19,20,21). The highest BCUT2D eigenvalue weighted by molar-refractivity contribution is 5.99. The Bertz CT molecular complexity index is 856. The van der Waals surface area contributed by atoms with E-state index in [9.17, 15) is 10.1 Å². The number of aromatic nitrogens is 4. The Morgan fingerprint density at radius 2 is 1.96 bits per heavy atom. The summed E-state index contributed by atoms with van der Waals surface area (Å²) in [5.74, 6) is 0.167. The van der Waals surface area contributed by atoms with Gasteiger partial charge in [-0.05, 0) is 5.21 Å². The molecular formula is C15H16N6O5. The molecule has 2 N–H and O–H groups in total. The summed E-state index contributed by atoms with van der Waals surface area (Å²) < 4.78 is 20.7. The summed E-state index contributed by atoms with van der Waals surface area (Å²) >= 11 is 0. The van der Waals surface area contributed by atoms with E-state index < -0.39 is 5.97 Å². The number of hydrogen-bond donors (Lipinski definition) is 2. The zero-order chi connectivity index (χ0) is 19.1. The van der Waals surface area contributed by atoms with Gasteiger partial charge < -0.3 is 24.3 Å². The monoisotopic (exact) mass is 360 g/mol. The van der Waals surface area contributed by atoms with Crippen molar-refractivity contribution in [3.63, 3.8) is 0 Å². The topological polar surface area (TPSA) is 144 Å². The van der Waals surface area contributed by atoms with Crippen molar-refractivity contribution in [1.29, 1.82) is 5.26 Å². The van der Waals surface area contributed by atoms with Gasteiger partial charge in [-0.15, -0.1) is 10.2 Å². The molecule has 0 aliphatic carbocycles. The summed E-state index contributed by atoms with van der Waals surface area (Å²) in [7, 11) is 5.50. The molecule has 0 fully saturated rings. The van der Waals surface area contributed by atoms with Crippen LogP contribution < -0.4 is 19.5 Å². The number of esters is 1. The van der Waals surface area contributed by atoms with Crippen molar-refractivity contribution >= 4 is 17.2 Å². The van der Waals surface area contributed by atoms with Crippen LogP contribution in [0.15, 0.2) is 12.3 Å². The number of allylic oxidation sites excluding steroid dienone is 1. The molecule has 2 rings (SSSR count). The summed E-state index contributed by atoms with van der Waals surface area (Å²) in [6, 6.07) is 3.36. The Morgan fingerprint density at radius 1 is 1.23 bits per heavy atom. The van der Waals surface area contributed by atoms with Gasteiger partial charge in [0.1, 0.15) is 11.6 Å². The molecule has 2 aromatic rings. The largest absolute Gasteiger partial charge is 0.493 e. The van der Waals surface area contributed by atoms with Crippen LogP contribution in [0.2, 0.25) is 0 Å². The minimum absolute atomic E-state index is 0.0754. The van der Waals surface area contributed by atoms with Gasteiger partial charge in [-0.3, -0.25) is 0 Å². The van der Waals surface area contributed by atoms with Crippen LogP contribution in [0.25, 0.3) is 5.57 Å². The molecule has 0 unspecified atom stereocenters. The lowest BCUT2D eigenvalue weighted by molar-refractivity contribution is 0.0601. The Balaban J connectivity index is 2.61. The Hall–Kier alpha value is -3.81. The molecule has 0 saturated carbocycles. The van der Waals surface area contributed by atoms with E-state index in [1.807, 2.05) is 6.07 Å². The number of nitriles is 1. The molecule has 0 radical (unpaired) electrons. The molecule has 0 aliphatic heterocycles. The van der Waals surface area contributed by atoms with E-state index >= 15 is 0 Å². The Labute approximate surface area is 148 Å². The molecule has 1 heterocycles. The highest BCUT2D eigenvalue weighted by Crippen LogP contribution is 2.45. The molecule has 0 spiro atoms. The molecule has 0 amide bonds. The number of carbonyl (C=O) groups is 1. The molecule has 11 nitrogen and oxygen atoms in total. The molecule has 0 aliphatic rings. The third-order valence-corrected chi connectivity index (χ3v) is 3.30. The zero-order valence-corrected chi connectivity index (χ0v) is 14.5. The van der Waals surface area contributed by atoms with E-state index in [4.69, 9.17) is 18.9 Å². The lowest BCUT2D eigenvalue weighted by Gasteiger charge is -2.18. The first kappa shape index (κ1) is 18.5. The summed E-state index contributed by atoms with van der Waals surface area (Å²) in [6.07, 6.45) is 1.31. The third-order valence-electron chi connectivity index (χ3n) is 3.30. The van der Waals surface area contributed by atoms with E-state index in [0.29, 0.717) is 0 Å². The number of nitrogens with one attached hydrogen (secondary N) is 2. The number of H-pyrrole nitrogens is 1. The van der Waals surface area contributed by atoms with E-state index in [1.54, 1.807) is 0 Å². The Kier molecular flexibility index (Phi) is 5.94. The Morgan fingerprint density at radius 3 is 2.46 bits per heavy atom. The second kappa shape index (κ2) is 8.34. The highest BCUT2D eigenvalue weighted by atomic mass is 16.5. The quantitative estimate of drug-likeness (QED) is 0.541. The predicted octanol–water partition coefficient (Wildman–Crippen LogP) is 0.989. The molecule has 26 heavy (non-hydrogen) atoms. The molecule has 11 heteroatoms. The van der Waals surface area contributed by atoms with Gasteiger partial charge in [0.15, 0.2) is 11.5 Å². The van der Waals surface area contributed by atoms with Crippen molar-refractivity contribution < 1.29 is 23.7 Å². The van der Waals surface area contributed by atoms with Gasteiger partial charge in [0, 0.05) is 12.3 Å².